The molecule has 2 fully saturated rings. The lowest BCUT2D eigenvalue weighted by atomic mass is 9.83. The van der Waals surface area contributed by atoms with Crippen LogP contribution in [0, 0.1) is 12.8 Å². The van der Waals surface area contributed by atoms with Crippen LogP contribution < -0.4 is 26.0 Å². The van der Waals surface area contributed by atoms with E-state index in [2.05, 4.69) is 15.6 Å². The van der Waals surface area contributed by atoms with Crippen molar-refractivity contribution < 1.29 is 43.2 Å². The van der Waals surface area contributed by atoms with Gasteiger partial charge in [-0.1, -0.05) is 42.3 Å². The van der Waals surface area contributed by atoms with Gasteiger partial charge in [-0.15, -0.1) is 0 Å². The average molecular weight is 754 g/mol. The first-order chi connectivity index (χ1) is 25.0. The predicted octanol–water partition coefficient (Wildman–Crippen LogP) is 5.99. The smallest absolute Gasteiger partial charge is 0.412 e. The summed E-state index contributed by atoms with van der Waals surface area (Å²) in [5, 5.41) is 17.2. The predicted molar refractivity (Wildman–Crippen MR) is 202 cm³/mol. The number of epoxide rings is 1. The standard InChI is InChI=1S/C38H48ClN5O9/c1-9-41-33-21(3)24(40)13-14-25(33)42-35(46)52-30-18-31(45)44(6)26-16-23(17-27(49-7)32(26)39)15-20(2)11-10-12-29(50-8)38(48)19-28(51-36(47)43-38)22(4)34-37(30,5)53-34/h9-14,16-17,22,28-30,34,48H,15,18-19,40H2,1-8H3,(H,42,46)(H,43,47)/b12-10+,20-11+,41-9-/t22-,28+,29-,30+,34+,37+,38+/m1/s1. The first-order valence-corrected chi connectivity index (χ1v) is 17.7. The van der Waals surface area contributed by atoms with Crippen molar-refractivity contribution in [3.8, 4) is 5.75 Å². The van der Waals surface area contributed by atoms with Gasteiger partial charge in [-0.25, -0.2) is 9.59 Å². The third-order valence-corrected chi connectivity index (χ3v) is 10.5. The second-order valence-corrected chi connectivity index (χ2v) is 14.3. The molecule has 0 radical (unpaired) electrons. The maximum atomic E-state index is 14.1. The van der Waals surface area contributed by atoms with E-state index in [-0.39, 0.29) is 17.9 Å². The second kappa shape index (κ2) is 15.8. The molecule has 14 nitrogen and oxygen atoms in total. The molecule has 3 aliphatic rings. The highest BCUT2D eigenvalue weighted by Crippen LogP contribution is 2.49. The van der Waals surface area contributed by atoms with E-state index in [0.717, 1.165) is 11.1 Å². The molecule has 5 N–H and O–H groups in total. The molecule has 5 rings (SSSR count). The fourth-order valence-corrected chi connectivity index (χ4v) is 7.30. The number of aliphatic hydroxyl groups is 1. The van der Waals surface area contributed by atoms with E-state index in [4.69, 9.17) is 41.0 Å². The molecule has 0 aliphatic carbocycles. The molecule has 2 aromatic carbocycles. The molecule has 3 amide bonds. The minimum atomic E-state index is -1.82. The molecule has 53 heavy (non-hydrogen) atoms. The first-order valence-electron chi connectivity index (χ1n) is 17.3. The molecule has 3 heterocycles. The molecule has 0 spiro atoms. The molecular weight excluding hydrogens is 706 g/mol. The van der Waals surface area contributed by atoms with Crippen LogP contribution >= 0.6 is 11.6 Å². The number of allylic oxidation sites excluding steroid dienone is 3. The van der Waals surface area contributed by atoms with Crippen molar-refractivity contribution in [1.29, 1.82) is 0 Å². The van der Waals surface area contributed by atoms with E-state index in [9.17, 15) is 19.5 Å². The molecule has 3 aliphatic heterocycles. The number of alkyl carbamates (subject to hydrolysis) is 1. The maximum Gasteiger partial charge on any atom is 0.412 e. The van der Waals surface area contributed by atoms with Crippen LogP contribution in [-0.4, -0.2) is 86.4 Å². The highest BCUT2D eigenvalue weighted by atomic mass is 35.5. The van der Waals surface area contributed by atoms with Crippen LogP contribution in [0.1, 0.15) is 51.7 Å². The minimum Gasteiger partial charge on any atom is -0.495 e. The summed E-state index contributed by atoms with van der Waals surface area (Å²) in [7, 11) is 4.51. The zero-order valence-electron chi connectivity index (χ0n) is 31.2. The number of rotatable bonds is 5. The molecular formula is C38H48ClN5O9. The number of nitrogens with zero attached hydrogens (tertiary/aromatic N) is 2. The Hall–Kier alpha value is -4.63. The van der Waals surface area contributed by atoms with Gasteiger partial charge in [0.05, 0.1) is 36.7 Å². The van der Waals surface area contributed by atoms with E-state index < -0.39 is 59.8 Å². The molecule has 286 valence electrons. The fourth-order valence-electron chi connectivity index (χ4n) is 6.99. The Bertz CT molecular complexity index is 1850. The van der Waals surface area contributed by atoms with Crippen LogP contribution in [0.3, 0.4) is 0 Å². The summed E-state index contributed by atoms with van der Waals surface area (Å²) in [6.07, 6.45) is 1.71. The summed E-state index contributed by atoms with van der Waals surface area (Å²) < 4.78 is 29.2. The summed E-state index contributed by atoms with van der Waals surface area (Å²) in [6.45, 7) is 8.98. The van der Waals surface area contributed by atoms with Crippen LogP contribution in [0.2, 0.25) is 5.02 Å². The second-order valence-electron chi connectivity index (χ2n) is 13.9. The first kappa shape index (κ1) is 39.6. The van der Waals surface area contributed by atoms with Crippen molar-refractivity contribution in [1.82, 2.24) is 5.32 Å². The summed E-state index contributed by atoms with van der Waals surface area (Å²) in [5.41, 5.74) is 7.18. The summed E-state index contributed by atoms with van der Waals surface area (Å²) in [6, 6.07) is 6.86. The number of aliphatic imine (C=N–C) groups is 1. The van der Waals surface area contributed by atoms with Gasteiger partial charge in [-0.2, -0.15) is 0 Å². The molecule has 7 atom stereocenters. The van der Waals surface area contributed by atoms with Crippen molar-refractivity contribution in [2.45, 2.75) is 89.6 Å². The normalized spacial score (nSPS) is 30.7. The maximum absolute atomic E-state index is 14.1. The summed E-state index contributed by atoms with van der Waals surface area (Å²) >= 11 is 6.77. The van der Waals surface area contributed by atoms with Crippen molar-refractivity contribution >= 4 is 58.7 Å². The fraction of sp³-hybridized carbons (Fsp3) is 0.474. The number of methoxy groups -OCH3 is 2. The number of nitrogens with one attached hydrogen (secondary N) is 2. The van der Waals surface area contributed by atoms with E-state index in [1.165, 1.54) is 19.1 Å². The topological polar surface area (TPSA) is 187 Å². The van der Waals surface area contributed by atoms with Crippen molar-refractivity contribution in [3.05, 3.63) is 64.2 Å². The Morgan fingerprint density at radius 3 is 2.66 bits per heavy atom. The molecule has 2 aromatic rings. The highest BCUT2D eigenvalue weighted by Gasteiger charge is 2.64. The number of hydrogen-bond donors (Lipinski definition) is 4. The number of hydrogen-bond acceptors (Lipinski definition) is 11. The molecule has 2 saturated heterocycles. The van der Waals surface area contributed by atoms with Gasteiger partial charge in [0, 0.05) is 38.4 Å². The number of amides is 3. The van der Waals surface area contributed by atoms with Crippen LogP contribution in [0.25, 0.3) is 0 Å². The number of benzene rings is 2. The van der Waals surface area contributed by atoms with Crippen LogP contribution in [0.5, 0.6) is 5.75 Å². The highest BCUT2D eigenvalue weighted by molar-refractivity contribution is 6.35. The third kappa shape index (κ3) is 8.30. The zero-order chi connectivity index (χ0) is 38.8. The van der Waals surface area contributed by atoms with E-state index in [1.807, 2.05) is 13.0 Å². The number of halogens is 1. The summed E-state index contributed by atoms with van der Waals surface area (Å²) in [5.74, 6) is -0.572. The van der Waals surface area contributed by atoms with Crippen molar-refractivity contribution in [2.24, 2.45) is 10.9 Å². The number of fused-ring (bicyclic) bond motifs is 5. The Kier molecular flexibility index (Phi) is 11.8. The number of nitrogen functional groups attached to an aromatic ring is 1. The zero-order valence-corrected chi connectivity index (χ0v) is 31.9. The van der Waals surface area contributed by atoms with Gasteiger partial charge in [0.25, 0.3) is 0 Å². The number of ether oxygens (including phenoxy) is 5. The van der Waals surface area contributed by atoms with Gasteiger partial charge in [-0.05, 0) is 69.5 Å². The van der Waals surface area contributed by atoms with Gasteiger partial charge >= 0.3 is 12.2 Å². The number of carbonyl (C=O) groups is 3. The monoisotopic (exact) mass is 753 g/mol. The average Bonchev–Trinajstić information content (AvgIpc) is 3.80. The summed E-state index contributed by atoms with van der Waals surface area (Å²) in [4.78, 5) is 46.4. The molecule has 0 aromatic heterocycles. The lowest BCUT2D eigenvalue weighted by molar-refractivity contribution is -0.142. The Morgan fingerprint density at radius 1 is 1.25 bits per heavy atom. The van der Waals surface area contributed by atoms with Gasteiger partial charge in [0.15, 0.2) is 5.72 Å². The number of nitrogens with two attached hydrogens (primary N) is 1. The SMILES string of the molecule is C/C=N\c1c(NC(=O)O[C@H]2CC(=O)N(C)c3cc(cc(OC)c3Cl)C/C(C)=C/C=C/[C@@H](OC)[C@@]3(O)C[C@H](OC(=O)N3)[C@@H](C)[C@@H]3O[C@@]23C)ccc(N)c1C. The van der Waals surface area contributed by atoms with Crippen LogP contribution in [0.15, 0.2) is 53.1 Å². The van der Waals surface area contributed by atoms with E-state index in [0.29, 0.717) is 40.5 Å². The molecule has 4 bridgehead atoms. The lowest BCUT2D eigenvalue weighted by Gasteiger charge is -2.42. The Labute approximate surface area is 314 Å². The van der Waals surface area contributed by atoms with E-state index >= 15 is 0 Å². The third-order valence-electron chi connectivity index (χ3n) is 10.2. The van der Waals surface area contributed by atoms with Crippen molar-refractivity contribution in [2.75, 3.05) is 37.2 Å². The molecule has 15 heteroatoms. The Morgan fingerprint density at radius 2 is 1.98 bits per heavy atom. The van der Waals surface area contributed by atoms with Crippen LogP contribution in [-0.2, 0) is 30.2 Å². The molecule has 0 saturated carbocycles. The van der Waals surface area contributed by atoms with Crippen LogP contribution in [0.4, 0.5) is 32.3 Å². The van der Waals surface area contributed by atoms with Gasteiger partial charge in [-0.3, -0.25) is 20.4 Å². The van der Waals surface area contributed by atoms with E-state index in [1.54, 1.807) is 77.4 Å². The van der Waals surface area contributed by atoms with Gasteiger partial charge in [0.1, 0.15) is 34.7 Å². The number of anilines is 3. The molecule has 0 unspecified atom stereocenters. The quantitative estimate of drug-likeness (QED) is 0.161. The number of carbonyl (C=O) groups excluding carboxylic acids is 3. The Balaban J connectivity index is 1.55. The van der Waals surface area contributed by atoms with Gasteiger partial charge < -0.3 is 39.4 Å². The van der Waals surface area contributed by atoms with Gasteiger partial charge in [0.2, 0.25) is 5.91 Å². The van der Waals surface area contributed by atoms with Crippen molar-refractivity contribution in [3.63, 3.8) is 0 Å². The minimum absolute atomic E-state index is 0.0452. The largest absolute Gasteiger partial charge is 0.495 e. The lowest BCUT2D eigenvalue weighted by Crippen LogP contribution is -2.63.